The zero-order valence-electron chi connectivity index (χ0n) is 18.2. The van der Waals surface area contributed by atoms with Crippen LogP contribution in [0.25, 0.3) is 0 Å². The van der Waals surface area contributed by atoms with Crippen LogP contribution in [0.2, 0.25) is 0 Å². The van der Waals surface area contributed by atoms with Crippen LogP contribution in [0, 0.1) is 11.8 Å². The van der Waals surface area contributed by atoms with E-state index in [-0.39, 0.29) is 17.9 Å². The smallest absolute Gasteiger partial charge is 0.305 e. The lowest BCUT2D eigenvalue weighted by Gasteiger charge is -2.34. The number of anilines is 1. The summed E-state index contributed by atoms with van der Waals surface area (Å²) < 4.78 is 32.9. The molecule has 30 heavy (non-hydrogen) atoms. The minimum Gasteiger partial charge on any atom is -0.466 e. The number of allylic oxidation sites excluding steroid dienone is 1. The van der Waals surface area contributed by atoms with E-state index in [1.165, 1.54) is 4.31 Å². The molecule has 0 radical (unpaired) electrons. The molecule has 4 atom stereocenters. The predicted octanol–water partition coefficient (Wildman–Crippen LogP) is 4.25. The van der Waals surface area contributed by atoms with Gasteiger partial charge in [-0.2, -0.15) is 0 Å². The second-order valence-electron chi connectivity index (χ2n) is 8.31. The normalized spacial score (nSPS) is 27.2. The van der Waals surface area contributed by atoms with Crippen LogP contribution in [-0.2, 0) is 19.6 Å². The van der Waals surface area contributed by atoms with Crippen molar-refractivity contribution < 1.29 is 17.9 Å². The molecule has 0 saturated heterocycles. The van der Waals surface area contributed by atoms with Gasteiger partial charge in [-0.05, 0) is 50.1 Å². The number of thiophene rings is 1. The van der Waals surface area contributed by atoms with E-state index in [1.807, 2.05) is 30.5 Å². The Labute approximate surface area is 184 Å². The number of rotatable bonds is 9. The molecule has 1 aliphatic carbocycles. The average Bonchev–Trinajstić information content (AvgIpc) is 3.16. The summed E-state index contributed by atoms with van der Waals surface area (Å²) in [6.07, 6.45) is 9.21. The minimum absolute atomic E-state index is 0.0289. The third-order valence-corrected chi connectivity index (χ3v) is 9.27. The number of carbonyl (C=O) groups is 1. The number of hydrogen-bond acceptors (Lipinski definition) is 6. The van der Waals surface area contributed by atoms with Crippen LogP contribution in [0.15, 0.2) is 23.6 Å². The van der Waals surface area contributed by atoms with Crippen LogP contribution < -0.4 is 9.62 Å². The SMILES string of the molecule is CCOC(=O)CCCCCCNC1c2sccc2N(C)S(=O)(=O)C2C=CC(C)CC12. The fourth-order valence-corrected chi connectivity index (χ4v) is 7.46. The van der Waals surface area contributed by atoms with Gasteiger partial charge in [-0.15, -0.1) is 11.3 Å². The Morgan fingerprint density at radius 3 is 2.80 bits per heavy atom. The van der Waals surface area contributed by atoms with Gasteiger partial charge >= 0.3 is 5.97 Å². The molecule has 1 aliphatic heterocycles. The molecular weight excluding hydrogens is 420 g/mol. The number of nitrogens with zero attached hydrogens (tertiary/aromatic N) is 1. The summed E-state index contributed by atoms with van der Waals surface area (Å²) >= 11 is 1.64. The lowest BCUT2D eigenvalue weighted by Crippen LogP contribution is -2.43. The summed E-state index contributed by atoms with van der Waals surface area (Å²) in [4.78, 5) is 12.5. The average molecular weight is 455 g/mol. The van der Waals surface area contributed by atoms with Gasteiger partial charge < -0.3 is 10.1 Å². The molecule has 6 nitrogen and oxygen atoms in total. The van der Waals surface area contributed by atoms with Crippen molar-refractivity contribution in [3.8, 4) is 0 Å². The summed E-state index contributed by atoms with van der Waals surface area (Å²) in [5, 5.41) is 5.20. The maximum Gasteiger partial charge on any atom is 0.305 e. The van der Waals surface area contributed by atoms with E-state index in [4.69, 9.17) is 4.74 Å². The number of hydrogen-bond donors (Lipinski definition) is 1. The lowest BCUT2D eigenvalue weighted by molar-refractivity contribution is -0.143. The molecule has 3 rings (SSSR count). The molecule has 0 bridgehead atoms. The maximum atomic E-state index is 13.2. The fraction of sp³-hybridized carbons (Fsp3) is 0.682. The standard InChI is InChI=1S/C22H34N2O4S2/c1-4-28-20(25)9-7-5-6-8-13-23-21-17-15-16(2)10-11-19(17)30(26,27)24(3)18-12-14-29-22(18)21/h10-12,14,16-17,19,21,23H,4-9,13,15H2,1-3H3. The highest BCUT2D eigenvalue weighted by Gasteiger charge is 2.46. The monoisotopic (exact) mass is 454 g/mol. The maximum absolute atomic E-state index is 13.2. The number of esters is 1. The second-order valence-corrected chi connectivity index (χ2v) is 11.4. The first-order chi connectivity index (χ1) is 14.4. The van der Waals surface area contributed by atoms with E-state index < -0.39 is 15.3 Å². The van der Waals surface area contributed by atoms with E-state index >= 15 is 0 Å². The van der Waals surface area contributed by atoms with E-state index in [0.29, 0.717) is 18.9 Å². The Hall–Kier alpha value is -1.38. The van der Waals surface area contributed by atoms with Crippen LogP contribution in [0.3, 0.4) is 0 Å². The quantitative estimate of drug-likeness (QED) is 0.343. The van der Waals surface area contributed by atoms with Crippen molar-refractivity contribution in [1.82, 2.24) is 5.32 Å². The Kier molecular flexibility index (Phi) is 7.98. The van der Waals surface area contributed by atoms with Crippen molar-refractivity contribution in [2.75, 3.05) is 24.5 Å². The number of sulfonamides is 1. The van der Waals surface area contributed by atoms with Crippen molar-refractivity contribution in [3.05, 3.63) is 28.5 Å². The van der Waals surface area contributed by atoms with Crippen LogP contribution in [-0.4, -0.2) is 39.8 Å². The van der Waals surface area contributed by atoms with Crippen molar-refractivity contribution >= 4 is 33.0 Å². The molecule has 2 heterocycles. The number of carbonyl (C=O) groups excluding carboxylic acids is 1. The Morgan fingerprint density at radius 1 is 1.27 bits per heavy atom. The van der Waals surface area contributed by atoms with Gasteiger partial charge in [-0.1, -0.05) is 31.9 Å². The van der Waals surface area contributed by atoms with Gasteiger partial charge in [-0.25, -0.2) is 8.42 Å². The number of ether oxygens (including phenoxy) is 1. The Bertz CT molecular complexity index is 849. The van der Waals surface area contributed by atoms with Crippen molar-refractivity contribution in [2.45, 2.75) is 63.7 Å². The summed E-state index contributed by atoms with van der Waals surface area (Å²) in [5.74, 6) is 0.289. The van der Waals surface area contributed by atoms with Crippen LogP contribution in [0.4, 0.5) is 5.69 Å². The van der Waals surface area contributed by atoms with Gasteiger partial charge in [0, 0.05) is 30.3 Å². The van der Waals surface area contributed by atoms with Gasteiger partial charge in [0.2, 0.25) is 10.0 Å². The fourth-order valence-electron chi connectivity index (χ4n) is 4.53. The van der Waals surface area contributed by atoms with E-state index in [2.05, 4.69) is 12.2 Å². The van der Waals surface area contributed by atoms with Crippen LogP contribution in [0.5, 0.6) is 0 Å². The van der Waals surface area contributed by atoms with Gasteiger partial charge in [0.1, 0.15) is 5.25 Å². The molecular formula is C22H34N2O4S2. The van der Waals surface area contributed by atoms with Crippen molar-refractivity contribution in [2.24, 2.45) is 11.8 Å². The molecule has 168 valence electrons. The van der Waals surface area contributed by atoms with Gasteiger partial charge in [-0.3, -0.25) is 9.10 Å². The summed E-state index contributed by atoms with van der Waals surface area (Å²) in [5.41, 5.74) is 0.808. The number of unbranched alkanes of at least 4 members (excludes halogenated alkanes) is 3. The molecule has 8 heteroatoms. The molecule has 4 unspecified atom stereocenters. The van der Waals surface area contributed by atoms with E-state index in [9.17, 15) is 13.2 Å². The molecule has 0 spiro atoms. The van der Waals surface area contributed by atoms with E-state index in [0.717, 1.165) is 49.2 Å². The lowest BCUT2D eigenvalue weighted by atomic mass is 9.81. The summed E-state index contributed by atoms with van der Waals surface area (Å²) in [6, 6.07) is 1.96. The highest BCUT2D eigenvalue weighted by molar-refractivity contribution is 7.93. The van der Waals surface area contributed by atoms with Crippen molar-refractivity contribution in [3.63, 3.8) is 0 Å². The third-order valence-electron chi connectivity index (χ3n) is 6.12. The largest absolute Gasteiger partial charge is 0.466 e. The first-order valence-electron chi connectivity index (χ1n) is 11.0. The van der Waals surface area contributed by atoms with Crippen molar-refractivity contribution in [1.29, 1.82) is 0 Å². The Morgan fingerprint density at radius 2 is 2.03 bits per heavy atom. The third kappa shape index (κ3) is 5.08. The molecule has 2 aliphatic rings. The zero-order valence-corrected chi connectivity index (χ0v) is 19.8. The molecule has 0 aromatic carbocycles. The van der Waals surface area contributed by atoms with Gasteiger partial charge in [0.25, 0.3) is 0 Å². The first-order valence-corrected chi connectivity index (χ1v) is 13.4. The van der Waals surface area contributed by atoms with Crippen LogP contribution >= 0.6 is 11.3 Å². The Balaban J connectivity index is 1.63. The van der Waals surface area contributed by atoms with Gasteiger partial charge in [0.15, 0.2) is 0 Å². The topological polar surface area (TPSA) is 75.7 Å². The zero-order chi connectivity index (χ0) is 21.7. The first kappa shape index (κ1) is 23.3. The number of nitrogens with one attached hydrogen (secondary N) is 1. The van der Waals surface area contributed by atoms with E-state index in [1.54, 1.807) is 18.4 Å². The van der Waals surface area contributed by atoms with Gasteiger partial charge in [0.05, 0.1) is 12.3 Å². The highest BCUT2D eigenvalue weighted by Crippen LogP contribution is 2.47. The highest BCUT2D eigenvalue weighted by atomic mass is 32.2. The molecule has 0 saturated carbocycles. The second kappa shape index (κ2) is 10.3. The molecule has 1 aromatic heterocycles. The van der Waals surface area contributed by atoms with Crippen LogP contribution in [0.1, 0.15) is 63.3 Å². The molecule has 0 fully saturated rings. The predicted molar refractivity (Wildman–Crippen MR) is 122 cm³/mol. The molecule has 0 amide bonds. The molecule has 1 N–H and O–H groups in total. The summed E-state index contributed by atoms with van der Waals surface area (Å²) in [7, 11) is -1.75. The molecule has 1 aromatic rings. The number of fused-ring (bicyclic) bond motifs is 2. The summed E-state index contributed by atoms with van der Waals surface area (Å²) in [6.45, 7) is 5.26. The minimum atomic E-state index is -3.42.